The van der Waals surface area contributed by atoms with Gasteiger partial charge in [-0.1, -0.05) is 6.92 Å². The fourth-order valence-corrected chi connectivity index (χ4v) is 1.18. The monoisotopic (exact) mass is 132 g/mol. The van der Waals surface area contributed by atoms with Crippen molar-refractivity contribution in [3.8, 4) is 0 Å². The summed E-state index contributed by atoms with van der Waals surface area (Å²) >= 11 is 0. The zero-order chi connectivity index (χ0) is 7.78. The molecule has 2 unspecified atom stereocenters. The number of hydrogen-bond donors (Lipinski definition) is 0. The van der Waals surface area contributed by atoms with Crippen LogP contribution in [0, 0.1) is 5.89 Å². The topological polar surface area (TPSA) is 3.24 Å². The van der Waals surface area contributed by atoms with Crippen molar-refractivity contribution in [2.75, 3.05) is 20.1 Å². The molecule has 1 rings (SSSR count). The summed E-state index contributed by atoms with van der Waals surface area (Å²) < 4.78 is 20.5. The molecule has 2 heteroatoms. The van der Waals surface area contributed by atoms with Crippen molar-refractivity contribution in [1.82, 2.24) is 4.90 Å². The Balaban J connectivity index is 2.55. The van der Waals surface area contributed by atoms with Gasteiger partial charge in [-0.2, -0.15) is 0 Å². The van der Waals surface area contributed by atoms with E-state index >= 15 is 0 Å². The first-order valence-electron chi connectivity index (χ1n) is 3.85. The molecular weight excluding hydrogens is 117 g/mol. The molecule has 9 heavy (non-hydrogen) atoms. The average Bonchev–Trinajstić information content (AvgIpc) is 1.78. The van der Waals surface area contributed by atoms with Crippen LogP contribution in [-0.2, 0) is 0 Å². The Labute approximate surface area is 57.3 Å². The minimum atomic E-state index is -0.941. The third kappa shape index (κ3) is 1.65. The summed E-state index contributed by atoms with van der Waals surface area (Å²) in [5.41, 5.74) is 0. The number of likely N-dealkylation sites (tertiary alicyclic amines) is 1. The Morgan fingerprint density at radius 3 is 2.89 bits per heavy atom. The first-order valence-corrected chi connectivity index (χ1v) is 3.35. The summed E-state index contributed by atoms with van der Waals surface area (Å²) in [6, 6.07) is 0. The molecule has 0 aromatic heterocycles. The Morgan fingerprint density at radius 1 is 1.78 bits per heavy atom. The molecule has 1 saturated heterocycles. The largest absolute Gasteiger partial charge is 0.306 e. The molecule has 0 saturated carbocycles. The predicted octanol–water partition coefficient (Wildman–Crippen LogP) is 1.30. The molecule has 1 aliphatic rings. The molecule has 0 aromatic rings. The van der Waals surface area contributed by atoms with Crippen LogP contribution in [0.1, 0.15) is 14.7 Å². The van der Waals surface area contributed by atoms with Gasteiger partial charge < -0.3 is 4.90 Å². The van der Waals surface area contributed by atoms with E-state index in [2.05, 4.69) is 0 Å². The summed E-state index contributed by atoms with van der Waals surface area (Å²) in [5, 5.41) is 0. The van der Waals surface area contributed by atoms with E-state index in [4.69, 9.17) is 1.37 Å². The Hall–Kier alpha value is -0.110. The van der Waals surface area contributed by atoms with Crippen LogP contribution < -0.4 is 0 Å². The number of halogens is 1. The molecule has 0 aromatic carbocycles. The molecule has 1 heterocycles. The molecule has 0 bridgehead atoms. The first-order chi connectivity index (χ1) is 4.52. The molecule has 0 radical (unpaired) electrons. The summed E-state index contributed by atoms with van der Waals surface area (Å²) in [5.74, 6) is -0.882. The Kier molecular flexibility index (Phi) is 1.67. The molecule has 2 atom stereocenters. The van der Waals surface area contributed by atoms with Crippen molar-refractivity contribution in [2.24, 2.45) is 5.89 Å². The van der Waals surface area contributed by atoms with Crippen LogP contribution in [0.2, 0.25) is 0 Å². The van der Waals surface area contributed by atoms with Crippen LogP contribution >= 0.6 is 0 Å². The zero-order valence-electron chi connectivity index (χ0n) is 7.02. The number of rotatable bonds is 0. The minimum absolute atomic E-state index is 0.510. The molecule has 0 spiro atoms. The molecule has 54 valence electrons. The van der Waals surface area contributed by atoms with Gasteiger partial charge in [0.25, 0.3) is 0 Å². The highest BCUT2D eigenvalue weighted by Gasteiger charge is 2.22. The van der Waals surface area contributed by atoms with Crippen LogP contribution in [0.4, 0.5) is 4.39 Å². The second-order valence-electron chi connectivity index (χ2n) is 2.84. The maximum absolute atomic E-state index is 12.9. The maximum atomic E-state index is 12.9. The van der Waals surface area contributed by atoms with Gasteiger partial charge in [0.15, 0.2) is 0 Å². The molecule has 0 N–H and O–H groups in total. The highest BCUT2D eigenvalue weighted by molar-refractivity contribution is 4.74. The van der Waals surface area contributed by atoms with Gasteiger partial charge in [-0.15, -0.1) is 0 Å². The second-order valence-corrected chi connectivity index (χ2v) is 2.84. The maximum Gasteiger partial charge on any atom is 0.105 e. The third-order valence-corrected chi connectivity index (χ3v) is 1.82. The fourth-order valence-electron chi connectivity index (χ4n) is 1.18. The van der Waals surface area contributed by atoms with Crippen molar-refractivity contribution in [3.63, 3.8) is 0 Å². The average molecular weight is 132 g/mol. The lowest BCUT2D eigenvalue weighted by Crippen LogP contribution is -2.37. The molecular formula is C7H14FN. The number of nitrogens with zero attached hydrogens (tertiary/aromatic N) is 1. The lowest BCUT2D eigenvalue weighted by Gasteiger charge is -2.29. The van der Waals surface area contributed by atoms with E-state index in [9.17, 15) is 4.39 Å². The number of alkyl halides is 1. The van der Waals surface area contributed by atoms with E-state index in [1.807, 2.05) is 11.9 Å². The fraction of sp³-hybridized carbons (Fsp3) is 1.00. The van der Waals surface area contributed by atoms with Gasteiger partial charge in [0.05, 0.1) is 0 Å². The van der Waals surface area contributed by atoms with Gasteiger partial charge in [0.2, 0.25) is 0 Å². The van der Waals surface area contributed by atoms with Gasteiger partial charge in [-0.25, -0.2) is 4.39 Å². The highest BCUT2D eigenvalue weighted by Crippen LogP contribution is 2.17. The van der Waals surface area contributed by atoms with Crippen LogP contribution in [0.25, 0.3) is 0 Å². The minimum Gasteiger partial charge on any atom is -0.306 e. The molecule has 1 fully saturated rings. The van der Waals surface area contributed by atoms with E-state index in [0.29, 0.717) is 13.0 Å². The SMILES string of the molecule is [2H]C1(C)CN(C)CCC1F. The van der Waals surface area contributed by atoms with Crippen molar-refractivity contribution >= 4 is 0 Å². The zero-order valence-corrected chi connectivity index (χ0v) is 6.02. The van der Waals surface area contributed by atoms with Crippen LogP contribution in [-0.4, -0.2) is 31.2 Å². The van der Waals surface area contributed by atoms with Gasteiger partial charge >= 0.3 is 0 Å². The highest BCUT2D eigenvalue weighted by atomic mass is 19.1. The van der Waals surface area contributed by atoms with Crippen molar-refractivity contribution in [1.29, 1.82) is 0 Å². The Morgan fingerprint density at radius 2 is 2.44 bits per heavy atom. The van der Waals surface area contributed by atoms with Gasteiger partial charge in [0.1, 0.15) is 6.17 Å². The van der Waals surface area contributed by atoms with Crippen molar-refractivity contribution < 1.29 is 5.76 Å². The predicted molar refractivity (Wildman–Crippen MR) is 36.2 cm³/mol. The lowest BCUT2D eigenvalue weighted by atomic mass is 9.99. The molecule has 0 amide bonds. The summed E-state index contributed by atoms with van der Waals surface area (Å²) in [6.45, 7) is 3.00. The van der Waals surface area contributed by atoms with Crippen molar-refractivity contribution in [3.05, 3.63) is 0 Å². The van der Waals surface area contributed by atoms with Gasteiger partial charge in [0, 0.05) is 20.4 Å². The number of hydrogen-bond acceptors (Lipinski definition) is 1. The van der Waals surface area contributed by atoms with Gasteiger partial charge in [-0.05, 0) is 13.5 Å². The summed E-state index contributed by atoms with van der Waals surface area (Å²) in [4.78, 5) is 2.00. The third-order valence-electron chi connectivity index (χ3n) is 1.82. The summed E-state index contributed by atoms with van der Waals surface area (Å²) in [6.07, 6.45) is -0.431. The van der Waals surface area contributed by atoms with Crippen molar-refractivity contribution in [2.45, 2.75) is 19.5 Å². The Bertz CT molecular complexity index is 127. The standard InChI is InChI=1S/C7H14FN/c1-6-5-9(2)4-3-7(6)8/h6-7H,3-5H2,1-2H3/i6D. The normalized spacial score (nSPS) is 48.8. The van der Waals surface area contributed by atoms with Crippen LogP contribution in [0.3, 0.4) is 0 Å². The van der Waals surface area contributed by atoms with Crippen LogP contribution in [0.15, 0.2) is 0 Å². The first kappa shape index (κ1) is 5.66. The van der Waals surface area contributed by atoms with E-state index in [-0.39, 0.29) is 0 Å². The summed E-state index contributed by atoms with van der Waals surface area (Å²) in [7, 11) is 1.93. The smallest absolute Gasteiger partial charge is 0.105 e. The van der Waals surface area contributed by atoms with E-state index in [1.54, 1.807) is 6.92 Å². The van der Waals surface area contributed by atoms with E-state index in [0.717, 1.165) is 6.54 Å². The molecule has 0 aliphatic carbocycles. The quantitative estimate of drug-likeness (QED) is 0.480. The number of piperidine rings is 1. The molecule has 1 nitrogen and oxygen atoms in total. The lowest BCUT2D eigenvalue weighted by molar-refractivity contribution is 0.116. The van der Waals surface area contributed by atoms with E-state index in [1.165, 1.54) is 0 Å². The second kappa shape index (κ2) is 2.65. The van der Waals surface area contributed by atoms with Gasteiger partial charge in [-0.3, -0.25) is 0 Å². The van der Waals surface area contributed by atoms with Crippen LogP contribution in [0.5, 0.6) is 0 Å². The van der Waals surface area contributed by atoms with E-state index < -0.39 is 12.1 Å². The molecule has 1 aliphatic heterocycles.